The summed E-state index contributed by atoms with van der Waals surface area (Å²) in [6, 6.07) is 6.92. The van der Waals surface area contributed by atoms with Gasteiger partial charge in [-0.3, -0.25) is 9.59 Å². The highest BCUT2D eigenvalue weighted by atomic mass is 35.5. The van der Waals surface area contributed by atoms with Crippen LogP contribution in [0, 0.1) is 17.3 Å². The van der Waals surface area contributed by atoms with Gasteiger partial charge in [0.15, 0.2) is 5.41 Å². The number of allylic oxidation sites excluding steroid dienone is 1. The summed E-state index contributed by atoms with van der Waals surface area (Å²) in [4.78, 5) is 24.1. The molecule has 1 aromatic rings. The van der Waals surface area contributed by atoms with E-state index in [1.165, 1.54) is 20.3 Å². The van der Waals surface area contributed by atoms with Crippen molar-refractivity contribution in [2.45, 2.75) is 12.8 Å². The summed E-state index contributed by atoms with van der Waals surface area (Å²) in [6.07, 6.45) is 1.53. The highest BCUT2D eigenvalue weighted by Gasteiger charge is 2.46. The maximum absolute atomic E-state index is 12.1. The fourth-order valence-corrected chi connectivity index (χ4v) is 2.06. The van der Waals surface area contributed by atoms with Crippen molar-refractivity contribution in [3.8, 4) is 11.8 Å². The van der Waals surface area contributed by atoms with Crippen LogP contribution < -0.4 is 0 Å². The highest BCUT2D eigenvalue weighted by molar-refractivity contribution is 6.30. The van der Waals surface area contributed by atoms with Gasteiger partial charge in [-0.05, 0) is 30.7 Å². The van der Waals surface area contributed by atoms with E-state index in [1.54, 1.807) is 24.3 Å². The smallest absolute Gasteiger partial charge is 0.324 e. The van der Waals surface area contributed by atoms with Gasteiger partial charge in [0.25, 0.3) is 0 Å². The van der Waals surface area contributed by atoms with Crippen molar-refractivity contribution < 1.29 is 19.1 Å². The first-order chi connectivity index (χ1) is 10.5. The number of carbonyl (C=O) groups excluding carboxylic acids is 2. The van der Waals surface area contributed by atoms with Gasteiger partial charge in [-0.2, -0.15) is 0 Å². The lowest BCUT2D eigenvalue weighted by atomic mass is 9.81. The lowest BCUT2D eigenvalue weighted by Crippen LogP contribution is -2.40. The van der Waals surface area contributed by atoms with Gasteiger partial charge in [-0.15, -0.1) is 6.58 Å². The summed E-state index contributed by atoms with van der Waals surface area (Å²) in [5.74, 6) is 4.34. The third-order valence-corrected chi connectivity index (χ3v) is 3.36. The molecule has 0 saturated carbocycles. The van der Waals surface area contributed by atoms with Crippen LogP contribution in [0.25, 0.3) is 0 Å². The van der Waals surface area contributed by atoms with Crippen LogP contribution in [0.4, 0.5) is 0 Å². The van der Waals surface area contributed by atoms with Crippen molar-refractivity contribution in [3.05, 3.63) is 47.5 Å². The maximum atomic E-state index is 12.1. The van der Waals surface area contributed by atoms with E-state index in [1.807, 2.05) is 0 Å². The van der Waals surface area contributed by atoms with Crippen LogP contribution in [0.1, 0.15) is 18.4 Å². The molecule has 0 aliphatic carbocycles. The summed E-state index contributed by atoms with van der Waals surface area (Å²) in [5.41, 5.74) is -0.767. The fraction of sp³-hybridized carbons (Fsp3) is 0.294. The molecule has 1 rings (SSSR count). The summed E-state index contributed by atoms with van der Waals surface area (Å²) in [7, 11) is 2.44. The molecule has 116 valence electrons. The van der Waals surface area contributed by atoms with E-state index < -0.39 is 17.4 Å². The minimum atomic E-state index is -1.50. The normalized spacial score (nSPS) is 10.1. The number of ether oxygens (including phenoxy) is 2. The topological polar surface area (TPSA) is 52.6 Å². The van der Waals surface area contributed by atoms with Crippen molar-refractivity contribution in [2.75, 3.05) is 14.2 Å². The molecule has 0 fully saturated rings. The van der Waals surface area contributed by atoms with E-state index in [0.717, 1.165) is 5.56 Å². The highest BCUT2D eigenvalue weighted by Crippen LogP contribution is 2.30. The number of hydrogen-bond acceptors (Lipinski definition) is 4. The SMILES string of the molecule is C=CCC(CC#Cc1ccc(Cl)cc1)(C(=O)OC)C(=O)OC. The van der Waals surface area contributed by atoms with Crippen molar-refractivity contribution in [1.29, 1.82) is 0 Å². The van der Waals surface area contributed by atoms with Gasteiger partial charge in [0.05, 0.1) is 14.2 Å². The Hall–Kier alpha value is -2.25. The van der Waals surface area contributed by atoms with E-state index in [2.05, 4.69) is 18.4 Å². The third-order valence-electron chi connectivity index (χ3n) is 3.11. The van der Waals surface area contributed by atoms with Gasteiger partial charge >= 0.3 is 11.9 Å². The molecule has 0 aromatic heterocycles. The zero-order valence-electron chi connectivity index (χ0n) is 12.5. The fourth-order valence-electron chi connectivity index (χ4n) is 1.93. The molecule has 0 saturated heterocycles. The Labute approximate surface area is 135 Å². The molecule has 0 heterocycles. The second-order valence-electron chi connectivity index (χ2n) is 4.54. The lowest BCUT2D eigenvalue weighted by molar-refractivity contribution is -0.168. The Kier molecular flexibility index (Phi) is 6.68. The van der Waals surface area contributed by atoms with E-state index in [-0.39, 0.29) is 12.8 Å². The molecule has 0 amide bonds. The molecule has 0 atom stereocenters. The summed E-state index contributed by atoms with van der Waals surface area (Å²) in [6.45, 7) is 3.58. The molecule has 1 aromatic carbocycles. The van der Waals surface area contributed by atoms with E-state index in [4.69, 9.17) is 21.1 Å². The average molecular weight is 321 g/mol. The number of hydrogen-bond donors (Lipinski definition) is 0. The van der Waals surface area contributed by atoms with Gasteiger partial charge in [-0.25, -0.2) is 0 Å². The Morgan fingerprint density at radius 1 is 1.23 bits per heavy atom. The van der Waals surface area contributed by atoms with Crippen molar-refractivity contribution in [2.24, 2.45) is 5.41 Å². The molecule has 0 aliphatic rings. The molecule has 0 radical (unpaired) electrons. The Morgan fingerprint density at radius 2 is 1.77 bits per heavy atom. The Balaban J connectivity index is 3.08. The van der Waals surface area contributed by atoms with Crippen molar-refractivity contribution in [1.82, 2.24) is 0 Å². The summed E-state index contributed by atoms with van der Waals surface area (Å²) < 4.78 is 9.47. The molecular formula is C17H17ClO4. The monoisotopic (exact) mass is 320 g/mol. The Morgan fingerprint density at radius 3 is 2.23 bits per heavy atom. The molecule has 4 nitrogen and oxygen atoms in total. The molecule has 0 N–H and O–H groups in total. The molecule has 0 aliphatic heterocycles. The van der Waals surface area contributed by atoms with Crippen LogP contribution in [0.2, 0.25) is 5.02 Å². The molecule has 0 bridgehead atoms. The zero-order chi connectivity index (χ0) is 16.6. The number of esters is 2. The molecule has 22 heavy (non-hydrogen) atoms. The van der Waals surface area contributed by atoms with Crippen LogP contribution in [-0.4, -0.2) is 26.2 Å². The average Bonchev–Trinajstić information content (AvgIpc) is 2.54. The van der Waals surface area contributed by atoms with Crippen molar-refractivity contribution >= 4 is 23.5 Å². The third kappa shape index (κ3) is 4.12. The first-order valence-electron chi connectivity index (χ1n) is 6.52. The van der Waals surface area contributed by atoms with E-state index in [9.17, 15) is 9.59 Å². The van der Waals surface area contributed by atoms with Gasteiger partial charge in [0.1, 0.15) is 0 Å². The summed E-state index contributed by atoms with van der Waals surface area (Å²) >= 11 is 5.80. The van der Waals surface area contributed by atoms with Crippen LogP contribution in [0.3, 0.4) is 0 Å². The molecule has 0 spiro atoms. The molecule has 0 unspecified atom stereocenters. The first-order valence-corrected chi connectivity index (χ1v) is 6.90. The number of carbonyl (C=O) groups is 2. The number of rotatable bonds is 5. The number of methoxy groups -OCH3 is 2. The van der Waals surface area contributed by atoms with Gasteiger partial charge in [-0.1, -0.05) is 29.5 Å². The standard InChI is InChI=1S/C17H17ClO4/c1-4-11-17(15(19)21-2,16(20)22-3)12-5-6-13-7-9-14(18)10-8-13/h4,7-10H,1,11-12H2,2-3H3. The van der Waals surface area contributed by atoms with Gasteiger partial charge < -0.3 is 9.47 Å². The van der Waals surface area contributed by atoms with E-state index >= 15 is 0 Å². The van der Waals surface area contributed by atoms with Crippen LogP contribution in [0.5, 0.6) is 0 Å². The molecule has 5 heteroatoms. The van der Waals surface area contributed by atoms with Crippen LogP contribution >= 0.6 is 11.6 Å². The summed E-state index contributed by atoms with van der Waals surface area (Å²) in [5, 5.41) is 0.607. The first kappa shape index (κ1) is 17.8. The molecular weight excluding hydrogens is 304 g/mol. The maximum Gasteiger partial charge on any atom is 0.324 e. The minimum Gasteiger partial charge on any atom is -0.468 e. The second kappa shape index (κ2) is 8.26. The van der Waals surface area contributed by atoms with Crippen LogP contribution in [-0.2, 0) is 19.1 Å². The van der Waals surface area contributed by atoms with Gasteiger partial charge in [0, 0.05) is 17.0 Å². The largest absolute Gasteiger partial charge is 0.468 e. The zero-order valence-corrected chi connectivity index (χ0v) is 13.3. The van der Waals surface area contributed by atoms with E-state index in [0.29, 0.717) is 5.02 Å². The van der Waals surface area contributed by atoms with Crippen LogP contribution in [0.15, 0.2) is 36.9 Å². The predicted octanol–water partition coefficient (Wildman–Crippen LogP) is 2.99. The van der Waals surface area contributed by atoms with Gasteiger partial charge in [0.2, 0.25) is 0 Å². The number of halogens is 1. The second-order valence-corrected chi connectivity index (χ2v) is 4.98. The van der Waals surface area contributed by atoms with Crippen molar-refractivity contribution in [3.63, 3.8) is 0 Å². The lowest BCUT2D eigenvalue weighted by Gasteiger charge is -2.24. The number of benzene rings is 1. The Bertz CT molecular complexity index is 592. The predicted molar refractivity (Wildman–Crippen MR) is 84.2 cm³/mol. The minimum absolute atomic E-state index is 0.0268. The quantitative estimate of drug-likeness (QED) is 0.362.